The van der Waals surface area contributed by atoms with Gasteiger partial charge in [-0.05, 0) is 41.1 Å². The summed E-state index contributed by atoms with van der Waals surface area (Å²) in [7, 11) is 0. The van der Waals surface area contributed by atoms with E-state index >= 15 is 0 Å². The lowest BCUT2D eigenvalue weighted by atomic mass is 9.89. The Morgan fingerprint density at radius 1 is 1.50 bits per heavy atom. The Balaban J connectivity index is 1.86. The Morgan fingerprint density at radius 3 is 3.00 bits per heavy atom. The van der Waals surface area contributed by atoms with Crippen LogP contribution in [0, 0.1) is 5.92 Å². The summed E-state index contributed by atoms with van der Waals surface area (Å²) in [5.74, 6) is 1.70. The minimum absolute atomic E-state index is 0.129. The Kier molecular flexibility index (Phi) is 1.77. The van der Waals surface area contributed by atoms with Crippen molar-refractivity contribution in [2.24, 2.45) is 11.7 Å². The van der Waals surface area contributed by atoms with Gasteiger partial charge in [-0.1, -0.05) is 0 Å². The summed E-state index contributed by atoms with van der Waals surface area (Å²) in [4.78, 5) is 4.36. The zero-order valence-electron chi connectivity index (χ0n) is 7.91. The van der Waals surface area contributed by atoms with Gasteiger partial charge in [-0.2, -0.15) is 0 Å². The molecule has 1 saturated carbocycles. The van der Waals surface area contributed by atoms with E-state index in [1.807, 2.05) is 4.68 Å². The maximum Gasteiger partial charge on any atom is 0.217 e. The normalized spacial score (nSPS) is 28.6. The van der Waals surface area contributed by atoms with E-state index in [4.69, 9.17) is 5.73 Å². The molecule has 5 heteroatoms. The number of nitrogens with two attached hydrogens (primary N) is 1. The van der Waals surface area contributed by atoms with Gasteiger partial charge in [-0.3, -0.25) is 0 Å². The van der Waals surface area contributed by atoms with Crippen LogP contribution in [-0.2, 0) is 13.0 Å². The summed E-state index contributed by atoms with van der Waals surface area (Å²) in [6.45, 7) is 0.970. The highest BCUT2D eigenvalue weighted by Gasteiger charge is 2.46. The van der Waals surface area contributed by atoms with Crippen molar-refractivity contribution in [3.05, 3.63) is 10.6 Å². The molecule has 14 heavy (non-hydrogen) atoms. The smallest absolute Gasteiger partial charge is 0.217 e. The second-order valence-electron chi connectivity index (χ2n) is 4.44. The number of nitrogens with zero attached hydrogens (tertiary/aromatic N) is 3. The SMILES string of the molecule is NC1(C2CCn3nc(Br)nc3C2)CC1. The van der Waals surface area contributed by atoms with Crippen molar-refractivity contribution in [2.75, 3.05) is 0 Å². The third-order valence-corrected chi connectivity index (χ3v) is 3.82. The molecule has 4 nitrogen and oxygen atoms in total. The molecule has 1 unspecified atom stereocenters. The molecule has 2 aliphatic rings. The Hall–Kier alpha value is -0.420. The van der Waals surface area contributed by atoms with Crippen LogP contribution in [0.4, 0.5) is 0 Å². The Labute approximate surface area is 91.0 Å². The number of aryl methyl sites for hydroxylation is 1. The maximum atomic E-state index is 6.22. The summed E-state index contributed by atoms with van der Waals surface area (Å²) in [5, 5.41) is 4.27. The minimum atomic E-state index is 0.129. The number of fused-ring (bicyclic) bond motifs is 1. The quantitative estimate of drug-likeness (QED) is 0.819. The number of hydrogen-bond donors (Lipinski definition) is 1. The largest absolute Gasteiger partial charge is 0.325 e. The van der Waals surface area contributed by atoms with Crippen molar-refractivity contribution in [1.82, 2.24) is 14.8 Å². The topological polar surface area (TPSA) is 56.7 Å². The van der Waals surface area contributed by atoms with Gasteiger partial charge >= 0.3 is 0 Å². The van der Waals surface area contributed by atoms with E-state index in [1.54, 1.807) is 0 Å². The van der Waals surface area contributed by atoms with Crippen LogP contribution in [0.2, 0.25) is 0 Å². The molecule has 0 radical (unpaired) electrons. The molecule has 0 saturated heterocycles. The molecule has 0 aromatic carbocycles. The number of halogens is 1. The minimum Gasteiger partial charge on any atom is -0.325 e. The summed E-state index contributed by atoms with van der Waals surface area (Å²) < 4.78 is 2.70. The lowest BCUT2D eigenvalue weighted by Gasteiger charge is -2.27. The standard InChI is InChI=1S/C9H13BrN4/c10-8-12-7-5-6(9(11)2-3-9)1-4-14(7)13-8/h6H,1-5,11H2. The van der Waals surface area contributed by atoms with Crippen LogP contribution in [0.1, 0.15) is 25.1 Å². The molecular formula is C9H13BrN4. The summed E-state index contributed by atoms with van der Waals surface area (Å²) in [5.41, 5.74) is 6.34. The van der Waals surface area contributed by atoms with E-state index < -0.39 is 0 Å². The number of aromatic nitrogens is 3. The summed E-state index contributed by atoms with van der Waals surface area (Å²) >= 11 is 3.30. The van der Waals surface area contributed by atoms with Gasteiger partial charge in [-0.25, -0.2) is 9.67 Å². The molecule has 1 fully saturated rings. The second-order valence-corrected chi connectivity index (χ2v) is 5.15. The van der Waals surface area contributed by atoms with E-state index in [0.29, 0.717) is 10.7 Å². The molecule has 3 rings (SSSR count). The van der Waals surface area contributed by atoms with Crippen molar-refractivity contribution in [1.29, 1.82) is 0 Å². The fourth-order valence-corrected chi connectivity index (χ4v) is 2.71. The molecule has 1 aliphatic heterocycles. The average molecular weight is 257 g/mol. The second kappa shape index (κ2) is 2.79. The van der Waals surface area contributed by atoms with Gasteiger partial charge in [0.2, 0.25) is 4.73 Å². The summed E-state index contributed by atoms with van der Waals surface area (Å²) in [6.07, 6.45) is 4.52. The number of rotatable bonds is 1. The van der Waals surface area contributed by atoms with E-state index in [0.717, 1.165) is 25.2 Å². The van der Waals surface area contributed by atoms with E-state index in [9.17, 15) is 0 Å². The van der Waals surface area contributed by atoms with Gasteiger partial charge in [0.1, 0.15) is 5.82 Å². The molecule has 2 heterocycles. The van der Waals surface area contributed by atoms with Crippen molar-refractivity contribution in [3.8, 4) is 0 Å². The van der Waals surface area contributed by atoms with Gasteiger partial charge in [-0.15, -0.1) is 5.10 Å². The molecular weight excluding hydrogens is 244 g/mol. The van der Waals surface area contributed by atoms with E-state index in [2.05, 4.69) is 26.0 Å². The molecule has 76 valence electrons. The molecule has 1 aromatic rings. The lowest BCUT2D eigenvalue weighted by Crippen LogP contribution is -2.37. The fourth-order valence-electron chi connectivity index (χ4n) is 2.32. The van der Waals surface area contributed by atoms with Gasteiger partial charge in [0, 0.05) is 18.5 Å². The van der Waals surface area contributed by atoms with Crippen LogP contribution in [0.25, 0.3) is 0 Å². The number of hydrogen-bond acceptors (Lipinski definition) is 3. The lowest BCUT2D eigenvalue weighted by molar-refractivity contribution is 0.299. The first-order valence-corrected chi connectivity index (χ1v) is 5.85. The average Bonchev–Trinajstić information content (AvgIpc) is 2.79. The van der Waals surface area contributed by atoms with Crippen LogP contribution in [0.15, 0.2) is 4.73 Å². The first-order chi connectivity index (χ1) is 6.67. The van der Waals surface area contributed by atoms with Crippen molar-refractivity contribution in [2.45, 2.75) is 37.8 Å². The predicted octanol–water partition coefficient (Wildman–Crippen LogP) is 1.09. The molecule has 0 amide bonds. The zero-order valence-corrected chi connectivity index (χ0v) is 9.50. The van der Waals surface area contributed by atoms with Crippen LogP contribution in [0.5, 0.6) is 0 Å². The molecule has 0 bridgehead atoms. The third kappa shape index (κ3) is 1.30. The zero-order chi connectivity index (χ0) is 9.76. The van der Waals surface area contributed by atoms with Crippen LogP contribution < -0.4 is 5.73 Å². The fraction of sp³-hybridized carbons (Fsp3) is 0.778. The highest BCUT2D eigenvalue weighted by Crippen LogP contribution is 2.44. The molecule has 0 spiro atoms. The molecule has 2 N–H and O–H groups in total. The maximum absolute atomic E-state index is 6.22. The van der Waals surface area contributed by atoms with Crippen LogP contribution in [-0.4, -0.2) is 20.3 Å². The van der Waals surface area contributed by atoms with Gasteiger partial charge < -0.3 is 5.73 Å². The van der Waals surface area contributed by atoms with Crippen LogP contribution in [0.3, 0.4) is 0 Å². The van der Waals surface area contributed by atoms with Gasteiger partial charge in [0.25, 0.3) is 0 Å². The first kappa shape index (κ1) is 8.85. The van der Waals surface area contributed by atoms with Gasteiger partial charge in [0.05, 0.1) is 0 Å². The van der Waals surface area contributed by atoms with Crippen molar-refractivity contribution < 1.29 is 0 Å². The molecule has 1 atom stereocenters. The van der Waals surface area contributed by atoms with Crippen molar-refractivity contribution in [3.63, 3.8) is 0 Å². The van der Waals surface area contributed by atoms with Crippen molar-refractivity contribution >= 4 is 15.9 Å². The Bertz CT molecular complexity index is 369. The Morgan fingerprint density at radius 2 is 2.29 bits per heavy atom. The predicted molar refractivity (Wildman–Crippen MR) is 55.7 cm³/mol. The third-order valence-electron chi connectivity index (χ3n) is 3.48. The van der Waals surface area contributed by atoms with E-state index in [-0.39, 0.29) is 5.54 Å². The monoisotopic (exact) mass is 256 g/mol. The van der Waals surface area contributed by atoms with Gasteiger partial charge in [0.15, 0.2) is 0 Å². The van der Waals surface area contributed by atoms with Crippen LogP contribution >= 0.6 is 15.9 Å². The summed E-state index contributed by atoms with van der Waals surface area (Å²) in [6, 6.07) is 0. The van der Waals surface area contributed by atoms with E-state index in [1.165, 1.54) is 12.8 Å². The molecule has 1 aromatic heterocycles. The highest BCUT2D eigenvalue weighted by atomic mass is 79.9. The highest BCUT2D eigenvalue weighted by molar-refractivity contribution is 9.10. The first-order valence-electron chi connectivity index (χ1n) is 5.05. The molecule has 1 aliphatic carbocycles.